The summed E-state index contributed by atoms with van der Waals surface area (Å²) in [5.41, 5.74) is 4.67. The summed E-state index contributed by atoms with van der Waals surface area (Å²) in [5, 5.41) is 8.44. The Balaban J connectivity index is 1.55. The third kappa shape index (κ3) is 5.11. The topological polar surface area (TPSA) is 78.3 Å². The summed E-state index contributed by atoms with van der Waals surface area (Å²) in [5.74, 6) is 0.777. The van der Waals surface area contributed by atoms with Crippen molar-refractivity contribution in [3.05, 3.63) is 76.7 Å². The predicted molar refractivity (Wildman–Crippen MR) is 133 cm³/mol. The molecule has 1 N–H and O–H groups in total. The second kappa shape index (κ2) is 10.5. The van der Waals surface area contributed by atoms with Crippen LogP contribution in [0.25, 0.3) is 16.7 Å². The molecular weight excluding hydrogens is 447 g/mol. The van der Waals surface area contributed by atoms with Crippen LogP contribution in [0.15, 0.2) is 48.5 Å². The van der Waals surface area contributed by atoms with Gasteiger partial charge < -0.3 is 14.8 Å². The largest absolute Gasteiger partial charge is 0.494 e. The van der Waals surface area contributed by atoms with Gasteiger partial charge in [-0.1, -0.05) is 24.3 Å². The molecule has 0 aliphatic rings. The number of amides is 1. The summed E-state index contributed by atoms with van der Waals surface area (Å²) in [6, 6.07) is 13.9. The molecule has 0 spiro atoms. The van der Waals surface area contributed by atoms with E-state index in [4.69, 9.17) is 14.5 Å². The Morgan fingerprint density at radius 2 is 1.94 bits per heavy atom. The van der Waals surface area contributed by atoms with Gasteiger partial charge in [0.25, 0.3) is 0 Å². The fraction of sp³-hybridized carbons (Fsp3) is 0.296. The maximum absolute atomic E-state index is 13.8. The van der Waals surface area contributed by atoms with E-state index in [1.165, 1.54) is 12.1 Å². The highest BCUT2D eigenvalue weighted by Crippen LogP contribution is 2.32. The average molecular weight is 477 g/mol. The van der Waals surface area contributed by atoms with Crippen molar-refractivity contribution in [2.45, 2.75) is 40.2 Å². The van der Waals surface area contributed by atoms with E-state index in [0.29, 0.717) is 36.8 Å². The molecule has 35 heavy (non-hydrogen) atoms. The molecule has 2 aromatic heterocycles. The Bertz CT molecular complexity index is 1370. The lowest BCUT2D eigenvalue weighted by Gasteiger charge is -2.14. The van der Waals surface area contributed by atoms with Crippen molar-refractivity contribution in [1.82, 2.24) is 20.1 Å². The maximum atomic E-state index is 13.8. The highest BCUT2D eigenvalue weighted by Gasteiger charge is 2.20. The van der Waals surface area contributed by atoms with Gasteiger partial charge >= 0.3 is 0 Å². The number of nitrogens with zero attached hydrogens (tertiary/aromatic N) is 3. The molecule has 2 aromatic carbocycles. The fourth-order valence-corrected chi connectivity index (χ4v) is 4.25. The van der Waals surface area contributed by atoms with E-state index in [1.54, 1.807) is 23.9 Å². The molecule has 182 valence electrons. The van der Waals surface area contributed by atoms with Gasteiger partial charge in [0.05, 0.1) is 25.1 Å². The number of methoxy groups -OCH3 is 1. The van der Waals surface area contributed by atoms with Crippen molar-refractivity contribution >= 4 is 16.9 Å². The van der Waals surface area contributed by atoms with Crippen molar-refractivity contribution in [3.8, 4) is 17.3 Å². The van der Waals surface area contributed by atoms with Crippen LogP contribution < -0.4 is 14.8 Å². The van der Waals surface area contributed by atoms with Crippen LogP contribution in [0.1, 0.15) is 35.7 Å². The predicted octanol–water partition coefficient (Wildman–Crippen LogP) is 4.83. The molecule has 0 radical (unpaired) electrons. The van der Waals surface area contributed by atoms with Crippen molar-refractivity contribution in [2.24, 2.45) is 0 Å². The summed E-state index contributed by atoms with van der Waals surface area (Å²) in [4.78, 5) is 17.3. The minimum absolute atomic E-state index is 0.0787. The molecule has 7 nitrogen and oxygen atoms in total. The summed E-state index contributed by atoms with van der Waals surface area (Å²) in [6.07, 6.45) is 0.736. The van der Waals surface area contributed by atoms with E-state index < -0.39 is 0 Å². The zero-order valence-corrected chi connectivity index (χ0v) is 20.4. The SMILES string of the molecule is CCOc1ccccc1CNC(=O)CCc1c(OC)nc2c(c(C)nn2-c2cccc(F)c2)c1C. The van der Waals surface area contributed by atoms with Crippen LogP contribution in [0.4, 0.5) is 4.39 Å². The minimum atomic E-state index is -0.348. The molecular formula is C27H29FN4O3. The second-order valence-electron chi connectivity index (χ2n) is 8.22. The Morgan fingerprint density at radius 3 is 2.69 bits per heavy atom. The van der Waals surface area contributed by atoms with E-state index in [-0.39, 0.29) is 18.1 Å². The molecule has 0 aliphatic heterocycles. The smallest absolute Gasteiger partial charge is 0.220 e. The molecule has 1 amide bonds. The molecule has 0 aliphatic carbocycles. The van der Waals surface area contributed by atoms with Crippen LogP contribution in [0.3, 0.4) is 0 Å². The molecule has 8 heteroatoms. The van der Waals surface area contributed by atoms with Crippen LogP contribution in [0.5, 0.6) is 11.6 Å². The number of rotatable bonds is 9. The minimum Gasteiger partial charge on any atom is -0.494 e. The van der Waals surface area contributed by atoms with E-state index in [1.807, 2.05) is 45.0 Å². The highest BCUT2D eigenvalue weighted by molar-refractivity contribution is 5.86. The first-order valence-corrected chi connectivity index (χ1v) is 11.6. The lowest BCUT2D eigenvalue weighted by atomic mass is 10.0. The van der Waals surface area contributed by atoms with Gasteiger partial charge in [0.15, 0.2) is 5.65 Å². The lowest BCUT2D eigenvalue weighted by molar-refractivity contribution is -0.121. The van der Waals surface area contributed by atoms with E-state index in [0.717, 1.165) is 33.5 Å². The van der Waals surface area contributed by atoms with Gasteiger partial charge in [-0.05, 0) is 57.0 Å². The van der Waals surface area contributed by atoms with Crippen LogP contribution >= 0.6 is 0 Å². The van der Waals surface area contributed by atoms with E-state index >= 15 is 0 Å². The molecule has 4 rings (SSSR count). The first-order valence-electron chi connectivity index (χ1n) is 11.6. The number of aryl methyl sites for hydroxylation is 2. The normalized spacial score (nSPS) is 11.0. The Kier molecular flexibility index (Phi) is 7.29. The zero-order chi connectivity index (χ0) is 24.9. The number of nitrogens with one attached hydrogen (secondary N) is 1. The molecule has 0 saturated heterocycles. The van der Waals surface area contributed by atoms with Crippen molar-refractivity contribution in [2.75, 3.05) is 13.7 Å². The molecule has 0 bridgehead atoms. The number of halogens is 1. The number of hydrogen-bond acceptors (Lipinski definition) is 5. The van der Waals surface area contributed by atoms with E-state index in [9.17, 15) is 9.18 Å². The van der Waals surface area contributed by atoms with Gasteiger partial charge in [-0.25, -0.2) is 9.07 Å². The quantitative estimate of drug-likeness (QED) is 0.374. The molecule has 4 aromatic rings. The number of fused-ring (bicyclic) bond motifs is 1. The van der Waals surface area contributed by atoms with Crippen molar-refractivity contribution < 1.29 is 18.7 Å². The Morgan fingerprint density at radius 1 is 1.14 bits per heavy atom. The monoisotopic (exact) mass is 476 g/mol. The number of carbonyl (C=O) groups is 1. The highest BCUT2D eigenvalue weighted by atomic mass is 19.1. The lowest BCUT2D eigenvalue weighted by Crippen LogP contribution is -2.23. The third-order valence-corrected chi connectivity index (χ3v) is 5.93. The van der Waals surface area contributed by atoms with Crippen LogP contribution in [-0.4, -0.2) is 34.4 Å². The number of ether oxygens (including phenoxy) is 2. The van der Waals surface area contributed by atoms with Gasteiger partial charge in [-0.2, -0.15) is 10.1 Å². The van der Waals surface area contributed by atoms with E-state index in [2.05, 4.69) is 10.4 Å². The Hall–Kier alpha value is -3.94. The van der Waals surface area contributed by atoms with Gasteiger partial charge in [0.1, 0.15) is 11.6 Å². The summed E-state index contributed by atoms with van der Waals surface area (Å²) in [7, 11) is 1.55. The number of hydrogen-bond donors (Lipinski definition) is 1. The molecule has 0 unspecified atom stereocenters. The van der Waals surface area contributed by atoms with Gasteiger partial charge in [0, 0.05) is 29.5 Å². The molecule has 0 fully saturated rings. The Labute approximate surface area is 203 Å². The number of benzene rings is 2. The van der Waals surface area contributed by atoms with Crippen LogP contribution in [0.2, 0.25) is 0 Å². The third-order valence-electron chi connectivity index (χ3n) is 5.93. The maximum Gasteiger partial charge on any atom is 0.220 e. The fourth-order valence-electron chi connectivity index (χ4n) is 4.25. The average Bonchev–Trinajstić information content (AvgIpc) is 3.19. The zero-order valence-electron chi connectivity index (χ0n) is 20.4. The molecule has 0 saturated carbocycles. The summed E-state index contributed by atoms with van der Waals surface area (Å²) >= 11 is 0. The standard InChI is InChI=1S/C27H29FN4O3/c1-5-35-23-12-7-6-9-19(23)16-29-24(33)14-13-22-17(2)25-18(3)31-32(26(25)30-27(22)34-4)21-11-8-10-20(28)15-21/h6-12,15H,5,13-14,16H2,1-4H3,(H,29,33). The first-order chi connectivity index (χ1) is 16.9. The summed E-state index contributed by atoms with van der Waals surface area (Å²) in [6.45, 7) is 6.75. The number of aromatic nitrogens is 3. The number of para-hydroxylation sites is 1. The van der Waals surface area contributed by atoms with Crippen molar-refractivity contribution in [3.63, 3.8) is 0 Å². The summed E-state index contributed by atoms with van der Waals surface area (Å²) < 4.78 is 26.7. The van der Waals surface area contributed by atoms with Gasteiger partial charge in [0.2, 0.25) is 11.8 Å². The number of carbonyl (C=O) groups excluding carboxylic acids is 1. The molecule has 2 heterocycles. The van der Waals surface area contributed by atoms with Crippen molar-refractivity contribution in [1.29, 1.82) is 0 Å². The first kappa shape index (κ1) is 24.2. The number of pyridine rings is 1. The van der Waals surface area contributed by atoms with Crippen LogP contribution in [0, 0.1) is 19.7 Å². The molecule has 0 atom stereocenters. The van der Waals surface area contributed by atoms with Crippen LogP contribution in [-0.2, 0) is 17.8 Å². The second-order valence-corrected chi connectivity index (χ2v) is 8.22. The van der Waals surface area contributed by atoms with Gasteiger partial charge in [-0.15, -0.1) is 0 Å². The van der Waals surface area contributed by atoms with Gasteiger partial charge in [-0.3, -0.25) is 4.79 Å².